The van der Waals surface area contributed by atoms with Gasteiger partial charge in [-0.15, -0.1) is 0 Å². The molecule has 0 radical (unpaired) electrons. The molecule has 0 aliphatic carbocycles. The van der Waals surface area contributed by atoms with Gasteiger partial charge in [0.2, 0.25) is 0 Å². The Morgan fingerprint density at radius 2 is 1.90 bits per heavy atom. The van der Waals surface area contributed by atoms with Crippen LogP contribution in [0.15, 0.2) is 18.2 Å². The Kier molecular flexibility index (Phi) is 6.33. The zero-order valence-electron chi connectivity index (χ0n) is 13.5. The summed E-state index contributed by atoms with van der Waals surface area (Å²) in [5, 5.41) is 3.59. The number of nitrogens with zero attached hydrogens (tertiary/aromatic N) is 1. The van der Waals surface area contributed by atoms with Crippen LogP contribution in [-0.4, -0.2) is 44.8 Å². The first-order chi connectivity index (χ1) is 10.2. The van der Waals surface area contributed by atoms with Gasteiger partial charge in [-0.2, -0.15) is 0 Å². The normalized spacial score (nSPS) is 18.2. The lowest BCUT2D eigenvalue weighted by molar-refractivity contribution is 0.241. The number of rotatable bonds is 8. The van der Waals surface area contributed by atoms with Crippen LogP contribution in [0, 0.1) is 0 Å². The molecule has 1 heterocycles. The number of nitrogens with one attached hydrogen (secondary N) is 1. The van der Waals surface area contributed by atoms with Gasteiger partial charge in [0.15, 0.2) is 0 Å². The van der Waals surface area contributed by atoms with Crippen molar-refractivity contribution in [2.45, 2.75) is 38.8 Å². The number of benzene rings is 1. The fourth-order valence-corrected chi connectivity index (χ4v) is 2.99. The highest BCUT2D eigenvalue weighted by atomic mass is 16.5. The van der Waals surface area contributed by atoms with Crippen LogP contribution in [0.4, 0.5) is 0 Å². The van der Waals surface area contributed by atoms with Gasteiger partial charge in [0.1, 0.15) is 11.5 Å². The second-order valence-electron chi connectivity index (χ2n) is 5.75. The highest BCUT2D eigenvalue weighted by Crippen LogP contribution is 2.23. The van der Waals surface area contributed by atoms with Crippen LogP contribution in [0.1, 0.15) is 31.7 Å². The molecule has 4 heteroatoms. The number of hydrogen-bond acceptors (Lipinski definition) is 4. The quantitative estimate of drug-likeness (QED) is 0.799. The molecular formula is C17H28N2O2. The van der Waals surface area contributed by atoms with E-state index in [1.165, 1.54) is 24.8 Å². The van der Waals surface area contributed by atoms with E-state index < -0.39 is 0 Å². The average molecular weight is 292 g/mol. The number of hydrogen-bond donors (Lipinski definition) is 1. The molecule has 0 aromatic heterocycles. The van der Waals surface area contributed by atoms with E-state index in [0.717, 1.165) is 37.7 Å². The van der Waals surface area contributed by atoms with Crippen molar-refractivity contribution in [3.05, 3.63) is 23.8 Å². The molecule has 1 unspecified atom stereocenters. The van der Waals surface area contributed by atoms with Gasteiger partial charge in [-0.1, -0.05) is 6.92 Å². The number of methoxy groups -OCH3 is 2. The Bertz CT molecular complexity index is 409. The maximum Gasteiger partial charge on any atom is 0.122 e. The minimum Gasteiger partial charge on any atom is -0.497 e. The summed E-state index contributed by atoms with van der Waals surface area (Å²) in [7, 11) is 3.40. The summed E-state index contributed by atoms with van der Waals surface area (Å²) in [5.41, 5.74) is 1.25. The second kappa shape index (κ2) is 8.25. The summed E-state index contributed by atoms with van der Waals surface area (Å²) in [4.78, 5) is 2.52. The van der Waals surface area contributed by atoms with Crippen LogP contribution < -0.4 is 14.8 Å². The minimum atomic E-state index is 0.643. The van der Waals surface area contributed by atoms with E-state index in [2.05, 4.69) is 29.3 Å². The Labute approximate surface area is 128 Å². The van der Waals surface area contributed by atoms with E-state index in [9.17, 15) is 0 Å². The van der Waals surface area contributed by atoms with Crippen LogP contribution in [0.3, 0.4) is 0 Å². The standard InChI is InChI=1S/C17H28N2O2/c1-4-8-19(13-15-6-5-7-18-15)12-14-9-16(20-2)11-17(10-14)21-3/h9-11,15,18H,4-8,12-13H2,1-3H3. The van der Waals surface area contributed by atoms with Crippen molar-refractivity contribution in [1.82, 2.24) is 10.2 Å². The van der Waals surface area contributed by atoms with E-state index in [1.807, 2.05) is 6.07 Å². The molecule has 1 N–H and O–H groups in total. The lowest BCUT2D eigenvalue weighted by Crippen LogP contribution is -2.37. The molecule has 118 valence electrons. The molecular weight excluding hydrogens is 264 g/mol. The van der Waals surface area contributed by atoms with Crippen molar-refractivity contribution in [1.29, 1.82) is 0 Å². The molecule has 2 rings (SSSR count). The van der Waals surface area contributed by atoms with Crippen LogP contribution in [0.2, 0.25) is 0 Å². The maximum absolute atomic E-state index is 5.36. The molecule has 1 atom stereocenters. The molecule has 1 saturated heterocycles. The summed E-state index contributed by atoms with van der Waals surface area (Å²) in [6.07, 6.45) is 3.77. The molecule has 0 amide bonds. The van der Waals surface area contributed by atoms with E-state index in [4.69, 9.17) is 9.47 Å². The predicted molar refractivity (Wildman–Crippen MR) is 86.1 cm³/mol. The summed E-state index contributed by atoms with van der Waals surface area (Å²) in [5.74, 6) is 1.72. The molecule has 1 aromatic rings. The fraction of sp³-hybridized carbons (Fsp3) is 0.647. The van der Waals surface area contributed by atoms with Crippen molar-refractivity contribution in [3.8, 4) is 11.5 Å². The van der Waals surface area contributed by atoms with E-state index in [-0.39, 0.29) is 0 Å². The van der Waals surface area contributed by atoms with Gasteiger partial charge in [-0.25, -0.2) is 0 Å². The van der Waals surface area contributed by atoms with Gasteiger partial charge in [0.25, 0.3) is 0 Å². The maximum atomic E-state index is 5.36. The zero-order valence-corrected chi connectivity index (χ0v) is 13.5. The Balaban J connectivity index is 2.04. The van der Waals surface area contributed by atoms with Gasteiger partial charge in [0, 0.05) is 25.2 Å². The van der Waals surface area contributed by atoms with E-state index >= 15 is 0 Å². The molecule has 0 bridgehead atoms. The topological polar surface area (TPSA) is 33.7 Å². The van der Waals surface area contributed by atoms with Crippen molar-refractivity contribution in [2.75, 3.05) is 33.9 Å². The van der Waals surface area contributed by atoms with Gasteiger partial charge >= 0.3 is 0 Å². The SMILES string of the molecule is CCCN(Cc1cc(OC)cc(OC)c1)CC1CCCN1. The van der Waals surface area contributed by atoms with E-state index in [0.29, 0.717) is 6.04 Å². The average Bonchev–Trinajstić information content (AvgIpc) is 3.00. The molecule has 0 saturated carbocycles. The van der Waals surface area contributed by atoms with Crippen LogP contribution in [-0.2, 0) is 6.54 Å². The minimum absolute atomic E-state index is 0.643. The molecule has 1 aliphatic rings. The Hall–Kier alpha value is -1.26. The number of ether oxygens (including phenoxy) is 2. The zero-order chi connectivity index (χ0) is 15.1. The van der Waals surface area contributed by atoms with Crippen molar-refractivity contribution in [2.24, 2.45) is 0 Å². The van der Waals surface area contributed by atoms with Crippen molar-refractivity contribution >= 4 is 0 Å². The molecule has 1 aromatic carbocycles. The monoisotopic (exact) mass is 292 g/mol. The lowest BCUT2D eigenvalue weighted by Gasteiger charge is -2.25. The third-order valence-electron chi connectivity index (χ3n) is 4.00. The first-order valence-electron chi connectivity index (χ1n) is 7.92. The third-order valence-corrected chi connectivity index (χ3v) is 4.00. The summed E-state index contributed by atoms with van der Waals surface area (Å²) >= 11 is 0. The predicted octanol–water partition coefficient (Wildman–Crippen LogP) is 2.67. The van der Waals surface area contributed by atoms with Crippen molar-refractivity contribution in [3.63, 3.8) is 0 Å². The van der Waals surface area contributed by atoms with Gasteiger partial charge < -0.3 is 14.8 Å². The smallest absolute Gasteiger partial charge is 0.122 e. The Morgan fingerprint density at radius 3 is 2.43 bits per heavy atom. The highest BCUT2D eigenvalue weighted by molar-refractivity contribution is 5.38. The fourth-order valence-electron chi connectivity index (χ4n) is 2.99. The Morgan fingerprint density at radius 1 is 1.19 bits per heavy atom. The summed E-state index contributed by atoms with van der Waals surface area (Å²) in [6.45, 7) is 6.59. The summed E-state index contributed by atoms with van der Waals surface area (Å²) in [6, 6.07) is 6.77. The van der Waals surface area contributed by atoms with E-state index in [1.54, 1.807) is 14.2 Å². The largest absolute Gasteiger partial charge is 0.497 e. The van der Waals surface area contributed by atoms with Crippen LogP contribution in [0.25, 0.3) is 0 Å². The molecule has 1 aliphatic heterocycles. The molecule has 4 nitrogen and oxygen atoms in total. The van der Waals surface area contributed by atoms with Crippen LogP contribution in [0.5, 0.6) is 11.5 Å². The first kappa shape index (κ1) is 16.1. The third kappa shape index (κ3) is 4.90. The van der Waals surface area contributed by atoms with Gasteiger partial charge in [-0.05, 0) is 50.0 Å². The molecule has 1 fully saturated rings. The highest BCUT2D eigenvalue weighted by Gasteiger charge is 2.18. The first-order valence-corrected chi connectivity index (χ1v) is 7.92. The molecule has 21 heavy (non-hydrogen) atoms. The van der Waals surface area contributed by atoms with Gasteiger partial charge in [-0.3, -0.25) is 4.90 Å². The van der Waals surface area contributed by atoms with Gasteiger partial charge in [0.05, 0.1) is 14.2 Å². The van der Waals surface area contributed by atoms with Crippen molar-refractivity contribution < 1.29 is 9.47 Å². The second-order valence-corrected chi connectivity index (χ2v) is 5.75. The lowest BCUT2D eigenvalue weighted by atomic mass is 10.1. The summed E-state index contributed by atoms with van der Waals surface area (Å²) < 4.78 is 10.7. The molecule has 0 spiro atoms. The van der Waals surface area contributed by atoms with Crippen LogP contribution >= 0.6 is 0 Å².